The second-order valence-corrected chi connectivity index (χ2v) is 10.0. The Kier molecular flexibility index (Phi) is 6.15. The smallest absolute Gasteiger partial charge is 0.242 e. The van der Waals surface area contributed by atoms with E-state index in [9.17, 15) is 21.6 Å². The summed E-state index contributed by atoms with van der Waals surface area (Å²) >= 11 is 0. The van der Waals surface area contributed by atoms with Gasteiger partial charge in [-0.3, -0.25) is 4.79 Å². The van der Waals surface area contributed by atoms with Gasteiger partial charge in [-0.15, -0.1) is 0 Å². The summed E-state index contributed by atoms with van der Waals surface area (Å²) in [7, 11) is -2.99. The standard InChI is InChI=1S/C14H23N3O5S2/c1-10-7-12(24(21,22)16(3)4)8-13(11(10)2)15-14(18)9-17(5)23(6,19)20/h7-8H,9H2,1-6H3,(H,15,18). The molecular formula is C14H23N3O5S2. The predicted octanol–water partition coefficient (Wildman–Crippen LogP) is 0.384. The molecule has 0 fully saturated rings. The predicted molar refractivity (Wildman–Crippen MR) is 92.9 cm³/mol. The first-order valence-electron chi connectivity index (χ1n) is 7.01. The fourth-order valence-corrected chi connectivity index (χ4v) is 3.19. The average molecular weight is 377 g/mol. The van der Waals surface area contributed by atoms with E-state index in [-0.39, 0.29) is 11.4 Å². The first-order chi connectivity index (χ1) is 10.8. The number of carbonyl (C=O) groups excluding carboxylic acids is 1. The van der Waals surface area contributed by atoms with Gasteiger partial charge in [0.05, 0.1) is 17.7 Å². The van der Waals surface area contributed by atoms with Crippen LogP contribution in [0.2, 0.25) is 0 Å². The van der Waals surface area contributed by atoms with Crippen molar-refractivity contribution in [2.24, 2.45) is 0 Å². The summed E-state index contributed by atoms with van der Waals surface area (Å²) < 4.78 is 49.3. The molecule has 1 aromatic rings. The van der Waals surface area contributed by atoms with E-state index in [1.807, 2.05) is 0 Å². The maximum absolute atomic E-state index is 12.3. The number of aryl methyl sites for hydroxylation is 1. The second-order valence-electron chi connectivity index (χ2n) is 5.77. The number of likely N-dealkylation sites (N-methyl/N-ethyl adjacent to an activating group) is 1. The average Bonchev–Trinajstić information content (AvgIpc) is 2.42. The highest BCUT2D eigenvalue weighted by molar-refractivity contribution is 7.89. The summed E-state index contributed by atoms with van der Waals surface area (Å²) in [4.78, 5) is 12.1. The number of carbonyl (C=O) groups is 1. The van der Waals surface area contributed by atoms with Crippen molar-refractivity contribution < 1.29 is 21.6 Å². The van der Waals surface area contributed by atoms with Gasteiger partial charge in [0.2, 0.25) is 26.0 Å². The number of amides is 1. The molecule has 0 heterocycles. The Labute approximate surface area is 143 Å². The number of hydrogen-bond acceptors (Lipinski definition) is 5. The van der Waals surface area contributed by atoms with Gasteiger partial charge in [0, 0.05) is 26.8 Å². The molecule has 0 radical (unpaired) electrons. The minimum absolute atomic E-state index is 0.0577. The summed E-state index contributed by atoms with van der Waals surface area (Å²) in [5, 5.41) is 2.58. The zero-order valence-electron chi connectivity index (χ0n) is 14.6. The fourth-order valence-electron chi connectivity index (χ4n) is 1.83. The first-order valence-corrected chi connectivity index (χ1v) is 10.3. The van der Waals surface area contributed by atoms with Gasteiger partial charge >= 0.3 is 0 Å². The minimum atomic E-state index is -3.65. The summed E-state index contributed by atoms with van der Waals surface area (Å²) in [5.41, 5.74) is 1.75. The third-order valence-corrected chi connectivity index (χ3v) is 6.68. The molecule has 0 aromatic heterocycles. The molecule has 0 saturated carbocycles. The van der Waals surface area contributed by atoms with Crippen LogP contribution in [0.1, 0.15) is 11.1 Å². The van der Waals surface area contributed by atoms with E-state index in [0.29, 0.717) is 16.8 Å². The zero-order chi connectivity index (χ0) is 18.9. The molecule has 8 nitrogen and oxygen atoms in total. The topological polar surface area (TPSA) is 104 Å². The SMILES string of the molecule is Cc1cc(S(=O)(=O)N(C)C)cc(NC(=O)CN(C)S(C)(=O)=O)c1C. The van der Waals surface area contributed by atoms with Crippen LogP contribution in [0.25, 0.3) is 0 Å². The van der Waals surface area contributed by atoms with E-state index in [1.165, 1.54) is 33.3 Å². The Balaban J connectivity index is 3.17. The Hall–Kier alpha value is -1.49. The highest BCUT2D eigenvalue weighted by Crippen LogP contribution is 2.25. The maximum Gasteiger partial charge on any atom is 0.242 e. The monoisotopic (exact) mass is 377 g/mol. The van der Waals surface area contributed by atoms with E-state index >= 15 is 0 Å². The van der Waals surface area contributed by atoms with Crippen molar-refractivity contribution in [3.05, 3.63) is 23.3 Å². The number of nitrogens with zero attached hydrogens (tertiary/aromatic N) is 2. The number of sulfonamides is 2. The van der Waals surface area contributed by atoms with Crippen LogP contribution < -0.4 is 5.32 Å². The molecule has 0 atom stereocenters. The highest BCUT2D eigenvalue weighted by Gasteiger charge is 2.21. The van der Waals surface area contributed by atoms with Gasteiger partial charge in [0.15, 0.2) is 0 Å². The van der Waals surface area contributed by atoms with Crippen LogP contribution in [-0.4, -0.2) is 65.3 Å². The molecule has 1 rings (SSSR count). The number of hydrogen-bond donors (Lipinski definition) is 1. The molecular weight excluding hydrogens is 354 g/mol. The molecule has 1 N–H and O–H groups in total. The van der Waals surface area contributed by atoms with Gasteiger partial charge in [-0.1, -0.05) is 0 Å². The van der Waals surface area contributed by atoms with Crippen molar-refractivity contribution in [1.29, 1.82) is 0 Å². The van der Waals surface area contributed by atoms with E-state index in [0.717, 1.165) is 14.9 Å². The van der Waals surface area contributed by atoms with Crippen LogP contribution >= 0.6 is 0 Å². The molecule has 10 heteroatoms. The van der Waals surface area contributed by atoms with Crippen LogP contribution in [0.15, 0.2) is 17.0 Å². The molecule has 0 unspecified atom stereocenters. The van der Waals surface area contributed by atoms with E-state index in [4.69, 9.17) is 0 Å². The van der Waals surface area contributed by atoms with E-state index in [1.54, 1.807) is 13.8 Å². The van der Waals surface area contributed by atoms with Crippen LogP contribution in [-0.2, 0) is 24.8 Å². The van der Waals surface area contributed by atoms with Crippen molar-refractivity contribution in [2.45, 2.75) is 18.7 Å². The third-order valence-electron chi connectivity index (χ3n) is 3.63. The van der Waals surface area contributed by atoms with Gasteiger partial charge in [0.25, 0.3) is 0 Å². The van der Waals surface area contributed by atoms with Gasteiger partial charge < -0.3 is 5.32 Å². The normalized spacial score (nSPS) is 12.7. The molecule has 1 amide bonds. The first kappa shape index (κ1) is 20.6. The van der Waals surface area contributed by atoms with Crippen molar-refractivity contribution in [2.75, 3.05) is 39.3 Å². The molecule has 1 aromatic carbocycles. The van der Waals surface area contributed by atoms with Crippen molar-refractivity contribution >= 4 is 31.6 Å². The van der Waals surface area contributed by atoms with Gasteiger partial charge in [-0.05, 0) is 37.1 Å². The lowest BCUT2D eigenvalue weighted by molar-refractivity contribution is -0.116. The molecule has 136 valence electrons. The molecule has 0 aliphatic heterocycles. The largest absolute Gasteiger partial charge is 0.325 e. The highest BCUT2D eigenvalue weighted by atomic mass is 32.2. The van der Waals surface area contributed by atoms with E-state index < -0.39 is 26.0 Å². The fraction of sp³-hybridized carbons (Fsp3) is 0.500. The quantitative estimate of drug-likeness (QED) is 0.772. The molecule has 0 bridgehead atoms. The van der Waals surface area contributed by atoms with Crippen molar-refractivity contribution in [1.82, 2.24) is 8.61 Å². The summed E-state index contributed by atoms with van der Waals surface area (Å²) in [6, 6.07) is 2.90. The van der Waals surface area contributed by atoms with Crippen molar-refractivity contribution in [3.8, 4) is 0 Å². The summed E-state index contributed by atoms with van der Waals surface area (Å²) in [5.74, 6) is -0.551. The van der Waals surface area contributed by atoms with Crippen molar-refractivity contribution in [3.63, 3.8) is 0 Å². The molecule has 0 saturated heterocycles. The maximum atomic E-state index is 12.3. The minimum Gasteiger partial charge on any atom is -0.325 e. The molecule has 0 aliphatic carbocycles. The lowest BCUT2D eigenvalue weighted by atomic mass is 10.1. The van der Waals surface area contributed by atoms with Crippen LogP contribution in [0.5, 0.6) is 0 Å². The Morgan fingerprint density at radius 2 is 1.62 bits per heavy atom. The summed E-state index contributed by atoms with van der Waals surface area (Å²) in [6.45, 7) is 3.13. The Bertz CT molecular complexity index is 845. The van der Waals surface area contributed by atoms with Crippen LogP contribution in [0.3, 0.4) is 0 Å². The lowest BCUT2D eigenvalue weighted by Gasteiger charge is -2.18. The third kappa shape index (κ3) is 4.76. The van der Waals surface area contributed by atoms with Gasteiger partial charge in [0.1, 0.15) is 0 Å². The molecule has 24 heavy (non-hydrogen) atoms. The van der Waals surface area contributed by atoms with E-state index in [2.05, 4.69) is 5.32 Å². The number of nitrogens with one attached hydrogen (secondary N) is 1. The zero-order valence-corrected chi connectivity index (χ0v) is 16.2. The second kappa shape index (κ2) is 7.18. The van der Waals surface area contributed by atoms with Crippen LogP contribution in [0, 0.1) is 13.8 Å². The van der Waals surface area contributed by atoms with Crippen LogP contribution in [0.4, 0.5) is 5.69 Å². The number of anilines is 1. The Morgan fingerprint density at radius 1 is 1.08 bits per heavy atom. The molecule has 0 aliphatic rings. The number of rotatable bonds is 6. The summed E-state index contributed by atoms with van der Waals surface area (Å²) in [6.07, 6.45) is 1.000. The van der Waals surface area contributed by atoms with Gasteiger partial charge in [-0.25, -0.2) is 21.1 Å². The Morgan fingerprint density at radius 3 is 2.08 bits per heavy atom. The molecule has 0 spiro atoms. The van der Waals surface area contributed by atoms with Gasteiger partial charge in [-0.2, -0.15) is 4.31 Å². The number of benzene rings is 1. The lowest BCUT2D eigenvalue weighted by Crippen LogP contribution is -2.34.